The van der Waals surface area contributed by atoms with E-state index in [2.05, 4.69) is 26.0 Å². The van der Waals surface area contributed by atoms with Gasteiger partial charge in [0.1, 0.15) is 6.67 Å². The van der Waals surface area contributed by atoms with Crippen molar-refractivity contribution in [3.8, 4) is 0 Å². The van der Waals surface area contributed by atoms with Crippen LogP contribution in [0.2, 0.25) is 0 Å². The third-order valence-corrected chi connectivity index (χ3v) is 3.93. The smallest absolute Gasteiger partial charge is 0.107 e. The van der Waals surface area contributed by atoms with Gasteiger partial charge in [-0.2, -0.15) is 11.8 Å². The molecule has 3 atom stereocenters. The molecule has 0 saturated heterocycles. The normalized spacial score (nSPS) is 23.6. The maximum Gasteiger partial charge on any atom is 0.107 e. The molecule has 0 amide bonds. The molecule has 17 heavy (non-hydrogen) atoms. The van der Waals surface area contributed by atoms with Crippen molar-refractivity contribution in [1.29, 1.82) is 0 Å². The standard InChI is InChI=1S/C13H22FNOS/c1-9(2)17-11-6-4-10(5-7-11)13(16-3)12(15)8-14/h4-6,9,11-13H,7-8,15H2,1-3H3. The summed E-state index contributed by atoms with van der Waals surface area (Å²) in [5.41, 5.74) is 6.69. The van der Waals surface area contributed by atoms with Crippen molar-refractivity contribution >= 4 is 11.8 Å². The highest BCUT2D eigenvalue weighted by molar-refractivity contribution is 8.00. The molecule has 1 rings (SSSR count). The van der Waals surface area contributed by atoms with Crippen molar-refractivity contribution in [2.75, 3.05) is 13.8 Å². The topological polar surface area (TPSA) is 35.2 Å². The average Bonchev–Trinajstić information content (AvgIpc) is 2.31. The number of ether oxygens (including phenoxy) is 1. The van der Waals surface area contributed by atoms with Gasteiger partial charge in [0.15, 0.2) is 0 Å². The van der Waals surface area contributed by atoms with Gasteiger partial charge in [0, 0.05) is 12.4 Å². The van der Waals surface area contributed by atoms with Crippen LogP contribution in [-0.4, -0.2) is 36.4 Å². The van der Waals surface area contributed by atoms with E-state index in [1.807, 2.05) is 17.8 Å². The zero-order valence-corrected chi connectivity index (χ0v) is 11.5. The number of alkyl halides is 1. The monoisotopic (exact) mass is 259 g/mol. The molecule has 3 unspecified atom stereocenters. The minimum absolute atomic E-state index is 0.332. The van der Waals surface area contributed by atoms with Gasteiger partial charge in [-0.25, -0.2) is 4.39 Å². The Bertz CT molecular complexity index is 291. The Morgan fingerprint density at radius 2 is 2.29 bits per heavy atom. The molecule has 98 valence electrons. The van der Waals surface area contributed by atoms with Gasteiger partial charge in [-0.15, -0.1) is 0 Å². The first-order chi connectivity index (χ1) is 8.08. The fourth-order valence-corrected chi connectivity index (χ4v) is 2.99. The van der Waals surface area contributed by atoms with Gasteiger partial charge in [0.05, 0.1) is 12.1 Å². The van der Waals surface area contributed by atoms with E-state index in [1.165, 1.54) is 0 Å². The van der Waals surface area contributed by atoms with Crippen LogP contribution in [0, 0.1) is 0 Å². The summed E-state index contributed by atoms with van der Waals surface area (Å²) in [5, 5.41) is 1.13. The highest BCUT2D eigenvalue weighted by atomic mass is 32.2. The van der Waals surface area contributed by atoms with Gasteiger partial charge in [0.2, 0.25) is 0 Å². The van der Waals surface area contributed by atoms with Crippen molar-refractivity contribution < 1.29 is 9.13 Å². The molecular formula is C13H22FNOS. The molecule has 1 aliphatic carbocycles. The van der Waals surface area contributed by atoms with Gasteiger partial charge in [-0.1, -0.05) is 32.1 Å². The Hall–Kier alpha value is -0.320. The Morgan fingerprint density at radius 3 is 2.71 bits per heavy atom. The van der Waals surface area contributed by atoms with E-state index in [9.17, 15) is 4.39 Å². The van der Waals surface area contributed by atoms with Crippen LogP contribution in [-0.2, 0) is 4.74 Å². The van der Waals surface area contributed by atoms with Crippen LogP contribution >= 0.6 is 11.8 Å². The van der Waals surface area contributed by atoms with Crippen molar-refractivity contribution in [3.05, 3.63) is 23.8 Å². The van der Waals surface area contributed by atoms with Crippen molar-refractivity contribution in [2.24, 2.45) is 5.73 Å². The number of hydrogen-bond acceptors (Lipinski definition) is 3. The molecular weight excluding hydrogens is 237 g/mol. The van der Waals surface area contributed by atoms with Crippen LogP contribution in [0.5, 0.6) is 0 Å². The third kappa shape index (κ3) is 4.45. The van der Waals surface area contributed by atoms with Crippen molar-refractivity contribution in [1.82, 2.24) is 0 Å². The van der Waals surface area contributed by atoms with Crippen LogP contribution in [0.25, 0.3) is 0 Å². The lowest BCUT2D eigenvalue weighted by Crippen LogP contribution is -2.39. The summed E-state index contributed by atoms with van der Waals surface area (Å²) in [6, 6.07) is -0.579. The Balaban J connectivity index is 2.58. The minimum atomic E-state index is -0.579. The molecule has 0 aromatic carbocycles. The van der Waals surface area contributed by atoms with Crippen molar-refractivity contribution in [3.63, 3.8) is 0 Å². The van der Waals surface area contributed by atoms with E-state index in [-0.39, 0.29) is 6.10 Å². The number of hydrogen-bond donors (Lipinski definition) is 1. The summed E-state index contributed by atoms with van der Waals surface area (Å²) < 4.78 is 17.8. The zero-order valence-electron chi connectivity index (χ0n) is 10.7. The first kappa shape index (κ1) is 14.7. The molecule has 0 aromatic heterocycles. The van der Waals surface area contributed by atoms with E-state index >= 15 is 0 Å². The summed E-state index contributed by atoms with van der Waals surface area (Å²) in [6.45, 7) is 3.82. The van der Waals surface area contributed by atoms with Gasteiger partial charge in [-0.05, 0) is 17.2 Å². The van der Waals surface area contributed by atoms with E-state index in [0.29, 0.717) is 10.5 Å². The first-order valence-corrected chi connectivity index (χ1v) is 6.90. The van der Waals surface area contributed by atoms with Crippen LogP contribution in [0.3, 0.4) is 0 Å². The summed E-state index contributed by atoms with van der Waals surface area (Å²) in [5.74, 6) is 0. The summed E-state index contributed by atoms with van der Waals surface area (Å²) in [4.78, 5) is 0. The highest BCUT2D eigenvalue weighted by Crippen LogP contribution is 2.27. The fraction of sp³-hybridized carbons (Fsp3) is 0.692. The second-order valence-electron chi connectivity index (χ2n) is 4.50. The fourth-order valence-electron chi connectivity index (χ4n) is 1.92. The molecule has 0 spiro atoms. The van der Waals surface area contributed by atoms with Gasteiger partial charge in [0.25, 0.3) is 0 Å². The third-order valence-electron chi connectivity index (χ3n) is 2.69. The second kappa shape index (κ2) is 7.19. The van der Waals surface area contributed by atoms with Crippen LogP contribution in [0.15, 0.2) is 23.8 Å². The SMILES string of the molecule is COC(C1=CCC(SC(C)C)C=C1)C(N)CF. The molecule has 4 heteroatoms. The molecule has 0 aliphatic heterocycles. The minimum Gasteiger partial charge on any atom is -0.375 e. The lowest BCUT2D eigenvalue weighted by atomic mass is 9.97. The molecule has 0 aromatic rings. The number of nitrogens with two attached hydrogens (primary N) is 1. The zero-order chi connectivity index (χ0) is 12.8. The summed E-state index contributed by atoms with van der Waals surface area (Å²) >= 11 is 1.93. The van der Waals surface area contributed by atoms with E-state index in [4.69, 9.17) is 10.5 Å². The largest absolute Gasteiger partial charge is 0.375 e. The predicted molar refractivity (Wildman–Crippen MR) is 73.1 cm³/mol. The molecule has 2 nitrogen and oxygen atoms in total. The average molecular weight is 259 g/mol. The van der Waals surface area contributed by atoms with Crippen molar-refractivity contribution in [2.45, 2.75) is 42.9 Å². The van der Waals surface area contributed by atoms with E-state index < -0.39 is 12.7 Å². The number of halogens is 1. The molecule has 2 N–H and O–H groups in total. The molecule has 0 heterocycles. The lowest BCUT2D eigenvalue weighted by Gasteiger charge is -2.25. The Labute approximate surface area is 107 Å². The number of thioether (sulfide) groups is 1. The van der Waals surface area contributed by atoms with Crippen LogP contribution in [0.1, 0.15) is 20.3 Å². The Morgan fingerprint density at radius 1 is 1.59 bits per heavy atom. The number of methoxy groups -OCH3 is 1. The molecule has 0 radical (unpaired) electrons. The van der Waals surface area contributed by atoms with Gasteiger partial charge in [-0.3, -0.25) is 0 Å². The molecule has 0 saturated carbocycles. The van der Waals surface area contributed by atoms with Gasteiger partial charge < -0.3 is 10.5 Å². The highest BCUT2D eigenvalue weighted by Gasteiger charge is 2.22. The van der Waals surface area contributed by atoms with Crippen LogP contribution < -0.4 is 5.73 Å². The van der Waals surface area contributed by atoms with E-state index in [0.717, 1.165) is 12.0 Å². The van der Waals surface area contributed by atoms with Crippen LogP contribution in [0.4, 0.5) is 4.39 Å². The van der Waals surface area contributed by atoms with Gasteiger partial charge >= 0.3 is 0 Å². The molecule has 0 bridgehead atoms. The summed E-state index contributed by atoms with van der Waals surface area (Å²) in [6.07, 6.45) is 6.93. The quantitative estimate of drug-likeness (QED) is 0.796. The molecule has 1 aliphatic rings. The predicted octanol–water partition coefficient (Wildman–Crippen LogP) is 2.69. The van der Waals surface area contributed by atoms with E-state index in [1.54, 1.807) is 7.11 Å². The maximum atomic E-state index is 12.6. The maximum absolute atomic E-state index is 12.6. The first-order valence-electron chi connectivity index (χ1n) is 5.96. The summed E-state index contributed by atoms with van der Waals surface area (Å²) in [7, 11) is 1.57. The number of rotatable bonds is 6. The molecule has 0 fully saturated rings. The second-order valence-corrected chi connectivity index (χ2v) is 6.32. The Kier molecular flexibility index (Phi) is 6.23. The lowest BCUT2D eigenvalue weighted by molar-refractivity contribution is 0.102. The number of allylic oxidation sites excluding steroid dienone is 1.